The van der Waals surface area contributed by atoms with E-state index in [-0.39, 0.29) is 6.42 Å². The third-order valence-corrected chi connectivity index (χ3v) is 1.94. The Balaban J connectivity index is 4.58. The Bertz CT molecular complexity index is 216. The van der Waals surface area contributed by atoms with Crippen molar-refractivity contribution in [3.05, 3.63) is 0 Å². The van der Waals surface area contributed by atoms with E-state index in [2.05, 4.69) is 9.47 Å². The predicted molar refractivity (Wildman–Crippen MR) is 48.4 cm³/mol. The van der Waals surface area contributed by atoms with Crippen LogP contribution in [-0.4, -0.2) is 36.9 Å². The maximum absolute atomic E-state index is 11.2. The van der Waals surface area contributed by atoms with Crippen molar-refractivity contribution in [1.29, 1.82) is 0 Å². The summed E-state index contributed by atoms with van der Waals surface area (Å²) in [6.45, 7) is 2.88. The van der Waals surface area contributed by atoms with Crippen LogP contribution in [0, 0.1) is 5.92 Å². The van der Waals surface area contributed by atoms with Gasteiger partial charge in [-0.3, -0.25) is 9.59 Å². The Hall–Kier alpha value is -1.10. The first kappa shape index (κ1) is 12.9. The molecule has 0 fully saturated rings. The van der Waals surface area contributed by atoms with E-state index in [1.54, 1.807) is 0 Å². The number of aliphatic hydroxyl groups is 1. The Labute approximate surface area is 83.0 Å². The molecule has 82 valence electrons. The second kappa shape index (κ2) is 4.95. The van der Waals surface area contributed by atoms with E-state index < -0.39 is 23.5 Å². The van der Waals surface area contributed by atoms with E-state index in [1.807, 2.05) is 0 Å². The first-order valence-electron chi connectivity index (χ1n) is 4.20. The predicted octanol–water partition coefficient (Wildman–Crippen LogP) is 0.110. The van der Waals surface area contributed by atoms with Crippen molar-refractivity contribution < 1.29 is 24.2 Å². The molecular weight excluding hydrogens is 188 g/mol. The molecule has 1 N–H and O–H groups in total. The largest absolute Gasteiger partial charge is 0.469 e. The second-order valence-electron chi connectivity index (χ2n) is 3.51. The molecule has 0 rings (SSSR count). The van der Waals surface area contributed by atoms with Crippen LogP contribution in [0.4, 0.5) is 0 Å². The summed E-state index contributed by atoms with van der Waals surface area (Å²) in [4.78, 5) is 22.2. The van der Waals surface area contributed by atoms with Crippen LogP contribution >= 0.6 is 0 Å². The van der Waals surface area contributed by atoms with Crippen LogP contribution in [0.1, 0.15) is 20.3 Å². The number of carbonyl (C=O) groups is 2. The normalized spacial score (nSPS) is 13.2. The summed E-state index contributed by atoms with van der Waals surface area (Å²) < 4.78 is 8.89. The quantitative estimate of drug-likeness (QED) is 0.658. The molecule has 0 aliphatic carbocycles. The van der Waals surface area contributed by atoms with Gasteiger partial charge in [0.05, 0.1) is 32.2 Å². The Kier molecular flexibility index (Phi) is 4.56. The smallest absolute Gasteiger partial charge is 0.312 e. The number of hydrogen-bond acceptors (Lipinski definition) is 5. The van der Waals surface area contributed by atoms with Crippen molar-refractivity contribution in [1.82, 2.24) is 0 Å². The van der Waals surface area contributed by atoms with Gasteiger partial charge in [-0.05, 0) is 13.8 Å². The lowest BCUT2D eigenvalue weighted by atomic mass is 9.88. The van der Waals surface area contributed by atoms with Gasteiger partial charge in [-0.25, -0.2) is 0 Å². The third-order valence-electron chi connectivity index (χ3n) is 1.94. The molecule has 0 heterocycles. The van der Waals surface area contributed by atoms with Gasteiger partial charge in [-0.15, -0.1) is 0 Å². The van der Waals surface area contributed by atoms with Crippen molar-refractivity contribution in [2.75, 3.05) is 14.2 Å². The number of esters is 2. The van der Waals surface area contributed by atoms with E-state index in [0.717, 1.165) is 0 Å². The van der Waals surface area contributed by atoms with Gasteiger partial charge in [0.25, 0.3) is 0 Å². The number of ether oxygens (including phenoxy) is 2. The lowest BCUT2D eigenvalue weighted by Gasteiger charge is -2.25. The molecule has 1 atom stereocenters. The first-order valence-corrected chi connectivity index (χ1v) is 4.20. The summed E-state index contributed by atoms with van der Waals surface area (Å²) in [6, 6.07) is 0. The zero-order valence-corrected chi connectivity index (χ0v) is 8.86. The molecule has 0 aromatic carbocycles. The van der Waals surface area contributed by atoms with Crippen molar-refractivity contribution in [2.24, 2.45) is 5.92 Å². The molecule has 0 aromatic rings. The molecule has 0 saturated carbocycles. The highest BCUT2D eigenvalue weighted by atomic mass is 16.5. The third kappa shape index (κ3) is 3.74. The Morgan fingerprint density at radius 2 is 1.79 bits per heavy atom. The molecule has 0 amide bonds. The van der Waals surface area contributed by atoms with Gasteiger partial charge >= 0.3 is 11.9 Å². The van der Waals surface area contributed by atoms with Gasteiger partial charge in [-0.1, -0.05) is 0 Å². The fraction of sp³-hybridized carbons (Fsp3) is 0.778. The summed E-state index contributed by atoms with van der Waals surface area (Å²) in [5, 5.41) is 9.61. The Morgan fingerprint density at radius 1 is 1.29 bits per heavy atom. The summed E-state index contributed by atoms with van der Waals surface area (Å²) in [5.74, 6) is -2.08. The zero-order chi connectivity index (χ0) is 11.4. The van der Waals surface area contributed by atoms with E-state index in [9.17, 15) is 14.7 Å². The van der Waals surface area contributed by atoms with Crippen LogP contribution in [0.5, 0.6) is 0 Å². The van der Waals surface area contributed by atoms with Crippen LogP contribution in [0.3, 0.4) is 0 Å². The summed E-state index contributed by atoms with van der Waals surface area (Å²) in [7, 11) is 2.43. The molecule has 5 heteroatoms. The standard InChI is InChI=1S/C9H16O5/c1-9(2,12)6(8(11)14-4)5-7(10)13-3/h6,12H,5H2,1-4H3. The van der Waals surface area contributed by atoms with E-state index in [0.29, 0.717) is 0 Å². The topological polar surface area (TPSA) is 72.8 Å². The molecule has 14 heavy (non-hydrogen) atoms. The van der Waals surface area contributed by atoms with Gasteiger partial charge in [-0.2, -0.15) is 0 Å². The molecule has 5 nitrogen and oxygen atoms in total. The zero-order valence-electron chi connectivity index (χ0n) is 8.86. The van der Waals surface area contributed by atoms with Crippen molar-refractivity contribution >= 4 is 11.9 Å². The molecule has 0 radical (unpaired) electrons. The highest BCUT2D eigenvalue weighted by Gasteiger charge is 2.36. The van der Waals surface area contributed by atoms with Crippen LogP contribution in [0.2, 0.25) is 0 Å². The van der Waals surface area contributed by atoms with Crippen LogP contribution < -0.4 is 0 Å². The SMILES string of the molecule is COC(=O)CC(C(=O)OC)C(C)(C)O. The minimum atomic E-state index is -1.30. The molecule has 0 aliphatic heterocycles. The highest BCUT2D eigenvalue weighted by Crippen LogP contribution is 2.21. The summed E-state index contributed by atoms with van der Waals surface area (Å²) in [6.07, 6.45) is -0.188. The fourth-order valence-corrected chi connectivity index (χ4v) is 1.01. The van der Waals surface area contributed by atoms with Crippen LogP contribution in [0.25, 0.3) is 0 Å². The monoisotopic (exact) mass is 204 g/mol. The van der Waals surface area contributed by atoms with Gasteiger partial charge in [0.2, 0.25) is 0 Å². The minimum Gasteiger partial charge on any atom is -0.469 e. The molecule has 1 unspecified atom stereocenters. The molecular formula is C9H16O5. The number of carbonyl (C=O) groups excluding carboxylic acids is 2. The molecule has 0 bridgehead atoms. The van der Waals surface area contributed by atoms with Crippen molar-refractivity contribution in [3.63, 3.8) is 0 Å². The molecule has 0 aliphatic rings. The fourth-order valence-electron chi connectivity index (χ4n) is 1.01. The van der Waals surface area contributed by atoms with Gasteiger partial charge in [0, 0.05) is 0 Å². The molecule has 0 spiro atoms. The lowest BCUT2D eigenvalue weighted by molar-refractivity contribution is -0.160. The van der Waals surface area contributed by atoms with Crippen LogP contribution in [-0.2, 0) is 19.1 Å². The summed E-state index contributed by atoms with van der Waals surface area (Å²) >= 11 is 0. The maximum atomic E-state index is 11.2. The maximum Gasteiger partial charge on any atom is 0.312 e. The molecule has 0 aromatic heterocycles. The van der Waals surface area contributed by atoms with E-state index in [1.165, 1.54) is 28.1 Å². The second-order valence-corrected chi connectivity index (χ2v) is 3.51. The van der Waals surface area contributed by atoms with Crippen LogP contribution in [0.15, 0.2) is 0 Å². The van der Waals surface area contributed by atoms with Gasteiger partial charge < -0.3 is 14.6 Å². The average molecular weight is 204 g/mol. The number of methoxy groups -OCH3 is 2. The Morgan fingerprint density at radius 3 is 2.07 bits per heavy atom. The van der Waals surface area contributed by atoms with Gasteiger partial charge in [0.1, 0.15) is 0 Å². The summed E-state index contributed by atoms with van der Waals surface area (Å²) in [5.41, 5.74) is -1.30. The number of hydrogen-bond donors (Lipinski definition) is 1. The minimum absolute atomic E-state index is 0.188. The van der Waals surface area contributed by atoms with E-state index >= 15 is 0 Å². The highest BCUT2D eigenvalue weighted by molar-refractivity contribution is 5.80. The number of rotatable bonds is 4. The molecule has 0 saturated heterocycles. The average Bonchev–Trinajstić information content (AvgIpc) is 2.10. The van der Waals surface area contributed by atoms with Gasteiger partial charge in [0.15, 0.2) is 0 Å². The first-order chi connectivity index (χ1) is 6.32. The lowest BCUT2D eigenvalue weighted by Crippen LogP contribution is -2.39. The van der Waals surface area contributed by atoms with E-state index in [4.69, 9.17) is 0 Å². The van der Waals surface area contributed by atoms with Crippen molar-refractivity contribution in [2.45, 2.75) is 25.9 Å². The van der Waals surface area contributed by atoms with Crippen molar-refractivity contribution in [3.8, 4) is 0 Å².